The third-order valence-electron chi connectivity index (χ3n) is 16.3. The standard InChI is InChI=1S/C66H62N4/c1-39(2)43-17-25-47(26-18-43)67(48-27-19-44(20-28-48)40(3)4)59-35-33-51-55-37-62-56(38-61(55)69-57-15-11-9-13-53(57)63(59)65(51)69)52-34-36-60(64-54-14-10-12-16-58(54)70(62)66(52)64)68(49-29-21-45(22-30-49)41(5)6)50-31-23-46(24-32-50)42(7)8/h9-23,25-29,31-42,46,49H,24,30H2,1-8H3. The van der Waals surface area contributed by atoms with E-state index in [1.54, 1.807) is 0 Å². The Morgan fingerprint density at radius 3 is 1.46 bits per heavy atom. The van der Waals surface area contributed by atoms with Gasteiger partial charge in [0.25, 0.3) is 0 Å². The van der Waals surface area contributed by atoms with Crippen LogP contribution in [0.25, 0.3) is 76.2 Å². The zero-order chi connectivity index (χ0) is 47.7. The van der Waals surface area contributed by atoms with Crippen LogP contribution in [0.3, 0.4) is 0 Å². The van der Waals surface area contributed by atoms with Gasteiger partial charge in [-0.2, -0.15) is 0 Å². The molecule has 346 valence electrons. The molecule has 0 saturated carbocycles. The second kappa shape index (κ2) is 16.1. The molecule has 2 aliphatic rings. The van der Waals surface area contributed by atoms with Crippen molar-refractivity contribution in [2.45, 2.75) is 86.1 Å². The minimum absolute atomic E-state index is 0.206. The van der Waals surface area contributed by atoms with Crippen LogP contribution < -0.4 is 9.80 Å². The van der Waals surface area contributed by atoms with Gasteiger partial charge in [0, 0.05) is 60.2 Å². The lowest BCUT2D eigenvalue weighted by Crippen LogP contribution is -2.34. The fourth-order valence-electron chi connectivity index (χ4n) is 12.4. The van der Waals surface area contributed by atoms with Crippen molar-refractivity contribution in [1.29, 1.82) is 0 Å². The zero-order valence-electron chi connectivity index (χ0n) is 41.8. The first-order chi connectivity index (χ1) is 34.0. The number of hydrogen-bond donors (Lipinski definition) is 0. The highest BCUT2D eigenvalue weighted by atomic mass is 15.2. The summed E-state index contributed by atoms with van der Waals surface area (Å²) in [4.78, 5) is 5.14. The first-order valence-electron chi connectivity index (χ1n) is 25.9. The molecule has 7 aromatic carbocycles. The fourth-order valence-corrected chi connectivity index (χ4v) is 12.4. The highest BCUT2D eigenvalue weighted by Crippen LogP contribution is 2.51. The van der Waals surface area contributed by atoms with E-state index in [2.05, 4.69) is 244 Å². The summed E-state index contributed by atoms with van der Waals surface area (Å²) in [6.07, 6.45) is 16.7. The molecule has 0 aliphatic heterocycles. The minimum atomic E-state index is 0.206. The molecule has 0 bridgehead atoms. The normalized spacial score (nSPS) is 16.7. The summed E-state index contributed by atoms with van der Waals surface area (Å²) in [7, 11) is 0. The fraction of sp³-hybridized carbons (Fsp3) is 0.242. The van der Waals surface area contributed by atoms with Gasteiger partial charge in [-0.1, -0.05) is 159 Å². The first-order valence-corrected chi connectivity index (χ1v) is 25.9. The number of para-hydroxylation sites is 2. The van der Waals surface area contributed by atoms with Gasteiger partial charge in [0.05, 0.1) is 50.5 Å². The van der Waals surface area contributed by atoms with Crippen molar-refractivity contribution >= 4 is 98.9 Å². The molecule has 70 heavy (non-hydrogen) atoms. The molecule has 0 amide bonds. The van der Waals surface area contributed by atoms with Crippen LogP contribution in [0.1, 0.15) is 91.2 Å². The zero-order valence-corrected chi connectivity index (χ0v) is 41.8. The van der Waals surface area contributed by atoms with Crippen LogP contribution in [-0.2, 0) is 0 Å². The topological polar surface area (TPSA) is 15.3 Å². The van der Waals surface area contributed by atoms with E-state index < -0.39 is 0 Å². The maximum Gasteiger partial charge on any atom is 0.0641 e. The average Bonchev–Trinajstić information content (AvgIpc) is 4.11. The minimum Gasteiger partial charge on any atom is -0.334 e. The van der Waals surface area contributed by atoms with Crippen LogP contribution in [0.2, 0.25) is 0 Å². The molecule has 0 saturated heterocycles. The van der Waals surface area contributed by atoms with E-state index in [1.807, 2.05) is 0 Å². The molecule has 11 aromatic rings. The number of aromatic nitrogens is 2. The monoisotopic (exact) mass is 910 g/mol. The maximum atomic E-state index is 2.66. The lowest BCUT2D eigenvalue weighted by molar-refractivity contribution is 0.465. The molecule has 4 aromatic heterocycles. The van der Waals surface area contributed by atoms with E-state index in [0.29, 0.717) is 29.6 Å². The Balaban J connectivity index is 1.05. The summed E-state index contributed by atoms with van der Waals surface area (Å²) < 4.78 is 5.16. The van der Waals surface area contributed by atoms with Gasteiger partial charge < -0.3 is 18.6 Å². The molecule has 0 spiro atoms. The predicted octanol–water partition coefficient (Wildman–Crippen LogP) is 18.5. The Morgan fingerprint density at radius 1 is 0.457 bits per heavy atom. The number of nitrogens with zero attached hydrogens (tertiary/aromatic N) is 4. The van der Waals surface area contributed by atoms with Crippen molar-refractivity contribution in [1.82, 2.24) is 8.80 Å². The summed E-state index contributed by atoms with van der Waals surface area (Å²) in [6, 6.07) is 51.5. The van der Waals surface area contributed by atoms with Crippen LogP contribution in [0.4, 0.5) is 22.7 Å². The highest BCUT2D eigenvalue weighted by Gasteiger charge is 2.30. The first kappa shape index (κ1) is 42.8. The van der Waals surface area contributed by atoms with Crippen molar-refractivity contribution < 1.29 is 0 Å². The molecule has 0 N–H and O–H groups in total. The van der Waals surface area contributed by atoms with Gasteiger partial charge in [-0.15, -0.1) is 0 Å². The van der Waals surface area contributed by atoms with Crippen molar-refractivity contribution in [2.24, 2.45) is 17.8 Å². The van der Waals surface area contributed by atoms with Crippen LogP contribution in [-0.4, -0.2) is 14.8 Å². The van der Waals surface area contributed by atoms with Crippen molar-refractivity contribution in [3.63, 3.8) is 0 Å². The maximum absolute atomic E-state index is 2.66. The van der Waals surface area contributed by atoms with E-state index in [9.17, 15) is 0 Å². The van der Waals surface area contributed by atoms with E-state index in [-0.39, 0.29) is 6.04 Å². The smallest absolute Gasteiger partial charge is 0.0641 e. The number of hydrogen-bond acceptors (Lipinski definition) is 2. The molecule has 2 aliphatic carbocycles. The SMILES string of the molecule is CC(C)C1=CCC(N(C2=CCC(C(C)C)C=C2)c2ccc3c4cc5c(cc4n4c6ccccc6c2c34)c2ccc(N(c3ccc(C(C)C)cc3)c3ccc(C(C)C)cc3)c3c4ccccc4n5c23)C=C1. The molecule has 4 nitrogen and oxygen atoms in total. The second-order valence-corrected chi connectivity index (χ2v) is 21.7. The van der Waals surface area contributed by atoms with Gasteiger partial charge >= 0.3 is 0 Å². The molecule has 0 radical (unpaired) electrons. The van der Waals surface area contributed by atoms with E-state index >= 15 is 0 Å². The summed E-state index contributed by atoms with van der Waals surface area (Å²) in [5.74, 6) is 2.59. The number of anilines is 4. The Kier molecular flexibility index (Phi) is 9.86. The van der Waals surface area contributed by atoms with E-state index in [0.717, 1.165) is 24.2 Å². The molecule has 2 unspecified atom stereocenters. The number of benzene rings is 7. The van der Waals surface area contributed by atoms with Crippen molar-refractivity contribution in [3.8, 4) is 0 Å². The Labute approximate surface area is 411 Å². The Morgan fingerprint density at radius 2 is 0.986 bits per heavy atom. The molecule has 2 atom stereocenters. The van der Waals surface area contributed by atoms with Crippen LogP contribution in [0, 0.1) is 17.8 Å². The number of fused-ring (bicyclic) bond motifs is 12. The molecule has 0 fully saturated rings. The van der Waals surface area contributed by atoms with Gasteiger partial charge in [-0.25, -0.2) is 0 Å². The van der Waals surface area contributed by atoms with Gasteiger partial charge in [0.1, 0.15) is 0 Å². The van der Waals surface area contributed by atoms with Crippen LogP contribution in [0.15, 0.2) is 181 Å². The van der Waals surface area contributed by atoms with Gasteiger partial charge in [0.15, 0.2) is 0 Å². The number of rotatable bonds is 10. The summed E-state index contributed by atoms with van der Waals surface area (Å²) in [5.41, 5.74) is 17.8. The Bertz CT molecular complexity index is 3910. The molecular formula is C66H62N4. The average molecular weight is 911 g/mol. The van der Waals surface area contributed by atoms with Crippen LogP contribution >= 0.6 is 0 Å². The Hall–Kier alpha value is -7.30. The molecule has 4 heterocycles. The largest absolute Gasteiger partial charge is 0.334 e. The summed E-state index contributed by atoms with van der Waals surface area (Å²) in [5, 5.41) is 10.3. The second-order valence-electron chi connectivity index (χ2n) is 21.7. The van der Waals surface area contributed by atoms with Crippen LogP contribution in [0.5, 0.6) is 0 Å². The van der Waals surface area contributed by atoms with Crippen molar-refractivity contribution in [2.75, 3.05) is 9.80 Å². The molecular weight excluding hydrogens is 849 g/mol. The van der Waals surface area contributed by atoms with Gasteiger partial charge in [-0.05, 0) is 126 Å². The predicted molar refractivity (Wildman–Crippen MR) is 302 cm³/mol. The lowest BCUT2D eigenvalue weighted by atomic mass is 9.88. The van der Waals surface area contributed by atoms with E-state index in [1.165, 1.54) is 110 Å². The van der Waals surface area contributed by atoms with Gasteiger partial charge in [0.2, 0.25) is 0 Å². The van der Waals surface area contributed by atoms with Gasteiger partial charge in [-0.3, -0.25) is 0 Å². The van der Waals surface area contributed by atoms with Crippen molar-refractivity contribution in [3.05, 3.63) is 192 Å². The van der Waals surface area contributed by atoms with E-state index in [4.69, 9.17) is 0 Å². The molecule has 4 heteroatoms. The number of allylic oxidation sites excluding steroid dienone is 5. The highest BCUT2D eigenvalue weighted by molar-refractivity contribution is 6.32. The third kappa shape index (κ3) is 6.34. The third-order valence-corrected chi connectivity index (χ3v) is 16.3. The lowest BCUT2D eigenvalue weighted by Gasteiger charge is -2.36. The quantitative estimate of drug-likeness (QED) is 0.136. The summed E-state index contributed by atoms with van der Waals surface area (Å²) >= 11 is 0. The summed E-state index contributed by atoms with van der Waals surface area (Å²) in [6.45, 7) is 18.4. The molecule has 13 rings (SSSR count).